The van der Waals surface area contributed by atoms with E-state index in [1.807, 2.05) is 56.3 Å². The highest BCUT2D eigenvalue weighted by molar-refractivity contribution is 6.14. The van der Waals surface area contributed by atoms with Crippen LogP contribution in [-0.4, -0.2) is 29.9 Å². The average molecular weight is 413 g/mol. The van der Waals surface area contributed by atoms with Crippen LogP contribution >= 0.6 is 0 Å². The topological polar surface area (TPSA) is 55.8 Å². The van der Waals surface area contributed by atoms with Gasteiger partial charge < -0.3 is 14.4 Å². The maximum absolute atomic E-state index is 12.7. The monoisotopic (exact) mass is 413 g/mol. The van der Waals surface area contributed by atoms with Crippen molar-refractivity contribution in [2.24, 2.45) is 0 Å². The first-order chi connectivity index (χ1) is 15.1. The Morgan fingerprint density at radius 3 is 2.29 bits per heavy atom. The first-order valence-corrected chi connectivity index (χ1v) is 10.3. The molecule has 0 aromatic heterocycles. The van der Waals surface area contributed by atoms with Crippen LogP contribution in [0.5, 0.6) is 11.5 Å². The van der Waals surface area contributed by atoms with Gasteiger partial charge in [-0.25, -0.2) is 4.79 Å². The summed E-state index contributed by atoms with van der Waals surface area (Å²) in [4.78, 5) is 26.4. The highest BCUT2D eigenvalue weighted by Gasteiger charge is 2.28. The molecular weight excluding hydrogens is 390 g/mol. The van der Waals surface area contributed by atoms with Crippen molar-refractivity contribution >= 4 is 18.0 Å². The molecule has 5 nitrogen and oxygen atoms in total. The molecule has 5 heteroatoms. The third-order valence-corrected chi connectivity index (χ3v) is 5.18. The van der Waals surface area contributed by atoms with Gasteiger partial charge in [0.15, 0.2) is 5.76 Å². The maximum atomic E-state index is 12.7. The third kappa shape index (κ3) is 4.36. The largest absolute Gasteiger partial charge is 0.452 e. The van der Waals surface area contributed by atoms with Crippen LogP contribution in [0.15, 0.2) is 78.6 Å². The molecular formula is C26H23NO4. The molecule has 0 unspecified atom stereocenters. The van der Waals surface area contributed by atoms with Crippen LogP contribution in [0.3, 0.4) is 0 Å². The maximum Gasteiger partial charge on any atom is 0.415 e. The van der Waals surface area contributed by atoms with Gasteiger partial charge in [-0.15, -0.1) is 0 Å². The second kappa shape index (κ2) is 8.88. The Morgan fingerprint density at radius 2 is 1.61 bits per heavy atom. The van der Waals surface area contributed by atoms with Gasteiger partial charge in [-0.2, -0.15) is 0 Å². The molecule has 0 fully saturated rings. The lowest BCUT2D eigenvalue weighted by Crippen LogP contribution is -2.33. The van der Waals surface area contributed by atoms with Gasteiger partial charge in [0.2, 0.25) is 5.78 Å². The van der Waals surface area contributed by atoms with Gasteiger partial charge in [0.05, 0.1) is 5.56 Å². The van der Waals surface area contributed by atoms with E-state index < -0.39 is 6.09 Å². The summed E-state index contributed by atoms with van der Waals surface area (Å²) in [5.41, 5.74) is 3.55. The van der Waals surface area contributed by atoms with Crippen molar-refractivity contribution in [2.75, 3.05) is 13.1 Å². The quantitative estimate of drug-likeness (QED) is 0.495. The average Bonchev–Trinajstić information content (AvgIpc) is 3.10. The summed E-state index contributed by atoms with van der Waals surface area (Å²) in [6.07, 6.45) is 1.29. The second-order valence-corrected chi connectivity index (χ2v) is 7.13. The second-order valence-electron chi connectivity index (χ2n) is 7.13. The summed E-state index contributed by atoms with van der Waals surface area (Å²) in [6, 6.07) is 22.8. The summed E-state index contributed by atoms with van der Waals surface area (Å²) in [6.45, 7) is 4.90. The minimum Gasteiger partial charge on any atom is -0.452 e. The first-order valence-electron chi connectivity index (χ1n) is 10.3. The van der Waals surface area contributed by atoms with Crippen LogP contribution in [0.1, 0.15) is 29.8 Å². The lowest BCUT2D eigenvalue weighted by molar-refractivity contribution is 0.101. The number of hydrogen-bond donors (Lipinski definition) is 0. The Balaban J connectivity index is 1.51. The van der Waals surface area contributed by atoms with Crippen molar-refractivity contribution in [3.05, 3.63) is 89.7 Å². The fraction of sp³-hybridized carbons (Fsp3) is 0.154. The van der Waals surface area contributed by atoms with Crippen molar-refractivity contribution in [1.29, 1.82) is 0 Å². The van der Waals surface area contributed by atoms with Gasteiger partial charge in [0, 0.05) is 19.2 Å². The molecule has 3 aromatic carbocycles. The summed E-state index contributed by atoms with van der Waals surface area (Å²) >= 11 is 0. The number of Topliss-reactive ketones (excluding diaryl/α,β-unsaturated/α-hetero) is 1. The van der Waals surface area contributed by atoms with Crippen molar-refractivity contribution in [2.45, 2.75) is 13.8 Å². The molecule has 0 aliphatic carbocycles. The summed E-state index contributed by atoms with van der Waals surface area (Å²) in [5.74, 6) is 0.789. The number of allylic oxidation sites excluding steroid dienone is 1. The SMILES string of the molecule is CCN(CC)C(=O)Oc1ccc2c(c1)OC(=Cc1ccc(-c3ccccc3)cc1)C2=O. The summed E-state index contributed by atoms with van der Waals surface area (Å²) < 4.78 is 11.2. The number of carbonyl (C=O) groups excluding carboxylic acids is 2. The Kier molecular flexibility index (Phi) is 5.85. The third-order valence-electron chi connectivity index (χ3n) is 5.18. The van der Waals surface area contributed by atoms with E-state index in [9.17, 15) is 9.59 Å². The van der Waals surface area contributed by atoms with E-state index in [0.29, 0.717) is 30.2 Å². The smallest absolute Gasteiger partial charge is 0.415 e. The minimum atomic E-state index is -0.427. The van der Waals surface area contributed by atoms with Gasteiger partial charge in [-0.1, -0.05) is 54.6 Å². The Morgan fingerprint density at radius 1 is 0.935 bits per heavy atom. The molecule has 1 amide bonds. The predicted octanol–water partition coefficient (Wildman–Crippen LogP) is 5.81. The van der Waals surface area contributed by atoms with Crippen molar-refractivity contribution < 1.29 is 19.1 Å². The van der Waals surface area contributed by atoms with E-state index in [1.54, 1.807) is 29.2 Å². The molecule has 3 aromatic rings. The molecule has 0 N–H and O–H groups in total. The van der Waals surface area contributed by atoms with Crippen LogP contribution in [-0.2, 0) is 0 Å². The van der Waals surface area contributed by atoms with Crippen molar-refractivity contribution in [3.63, 3.8) is 0 Å². The number of benzene rings is 3. The molecule has 4 rings (SSSR count). The van der Waals surface area contributed by atoms with Crippen LogP contribution in [0, 0.1) is 0 Å². The Labute approximate surface area is 181 Å². The minimum absolute atomic E-state index is 0.191. The van der Waals surface area contributed by atoms with Gasteiger partial charge >= 0.3 is 6.09 Å². The van der Waals surface area contributed by atoms with Crippen molar-refractivity contribution in [3.8, 4) is 22.6 Å². The van der Waals surface area contributed by atoms with Gasteiger partial charge in [0.1, 0.15) is 11.5 Å². The number of fused-ring (bicyclic) bond motifs is 1. The highest BCUT2D eigenvalue weighted by atomic mass is 16.6. The summed E-state index contributed by atoms with van der Waals surface area (Å²) in [5, 5.41) is 0. The van der Waals surface area contributed by atoms with Crippen LogP contribution in [0.2, 0.25) is 0 Å². The number of hydrogen-bond acceptors (Lipinski definition) is 4. The zero-order chi connectivity index (χ0) is 21.8. The zero-order valence-corrected chi connectivity index (χ0v) is 17.5. The number of ketones is 1. The molecule has 0 spiro atoms. The van der Waals surface area contributed by atoms with Gasteiger partial charge in [-0.3, -0.25) is 4.79 Å². The molecule has 0 bridgehead atoms. The fourth-order valence-corrected chi connectivity index (χ4v) is 3.43. The Hall–Kier alpha value is -3.86. The standard InChI is InChI=1S/C26H23NO4/c1-3-27(4-2)26(29)30-21-14-15-22-23(17-21)31-24(25(22)28)16-18-10-12-20(13-11-18)19-8-6-5-7-9-19/h5-17H,3-4H2,1-2H3. The van der Waals surface area contributed by atoms with E-state index in [4.69, 9.17) is 9.47 Å². The molecule has 0 radical (unpaired) electrons. The molecule has 31 heavy (non-hydrogen) atoms. The van der Waals surface area contributed by atoms with Crippen LogP contribution in [0.25, 0.3) is 17.2 Å². The number of ether oxygens (including phenoxy) is 2. The van der Waals surface area contributed by atoms with Crippen LogP contribution in [0.4, 0.5) is 4.79 Å². The Bertz CT molecular complexity index is 1130. The van der Waals surface area contributed by atoms with E-state index in [1.165, 1.54) is 0 Å². The molecule has 156 valence electrons. The lowest BCUT2D eigenvalue weighted by Gasteiger charge is -2.17. The lowest BCUT2D eigenvalue weighted by atomic mass is 10.0. The number of amides is 1. The van der Waals surface area contributed by atoms with Crippen LogP contribution < -0.4 is 9.47 Å². The zero-order valence-electron chi connectivity index (χ0n) is 17.5. The molecule has 1 aliphatic heterocycles. The fourth-order valence-electron chi connectivity index (χ4n) is 3.43. The van der Waals surface area contributed by atoms with E-state index in [2.05, 4.69) is 12.1 Å². The molecule has 0 saturated heterocycles. The van der Waals surface area contributed by atoms with E-state index in [-0.39, 0.29) is 11.5 Å². The highest BCUT2D eigenvalue weighted by Crippen LogP contribution is 2.35. The number of rotatable bonds is 5. The normalized spacial score (nSPS) is 13.6. The molecule has 0 saturated carbocycles. The van der Waals surface area contributed by atoms with Gasteiger partial charge in [0.25, 0.3) is 0 Å². The van der Waals surface area contributed by atoms with Crippen molar-refractivity contribution in [1.82, 2.24) is 4.90 Å². The number of nitrogens with zero attached hydrogens (tertiary/aromatic N) is 1. The molecule has 1 aliphatic rings. The number of carbonyl (C=O) groups is 2. The van der Waals surface area contributed by atoms with E-state index >= 15 is 0 Å². The van der Waals surface area contributed by atoms with E-state index in [0.717, 1.165) is 16.7 Å². The van der Waals surface area contributed by atoms with Gasteiger partial charge in [-0.05, 0) is 48.7 Å². The summed E-state index contributed by atoms with van der Waals surface area (Å²) in [7, 11) is 0. The first kappa shape index (κ1) is 20.4. The molecule has 0 atom stereocenters. The predicted molar refractivity (Wildman–Crippen MR) is 120 cm³/mol. The molecule has 1 heterocycles.